The molecule has 2 rings (SSSR count). The van der Waals surface area contributed by atoms with Gasteiger partial charge in [-0.2, -0.15) is 0 Å². The Morgan fingerprint density at radius 1 is 1.25 bits per heavy atom. The molecule has 1 heterocycles. The highest BCUT2D eigenvalue weighted by atomic mass is 32.1. The van der Waals surface area contributed by atoms with Crippen molar-refractivity contribution in [1.82, 2.24) is 0 Å². The van der Waals surface area contributed by atoms with Gasteiger partial charge in [-0.15, -0.1) is 11.3 Å². The molecule has 2 aromatic rings. The lowest BCUT2D eigenvalue weighted by atomic mass is 10.3. The summed E-state index contributed by atoms with van der Waals surface area (Å²) in [6.07, 6.45) is 2.08. The molecule has 0 saturated carbocycles. The van der Waals surface area contributed by atoms with E-state index in [1.807, 2.05) is 24.4 Å². The second kappa shape index (κ2) is 8.88. The Labute approximate surface area is 144 Å². The molecule has 0 radical (unpaired) electrons. The van der Waals surface area contributed by atoms with Gasteiger partial charge in [-0.05, 0) is 55.6 Å². The van der Waals surface area contributed by atoms with E-state index in [0.717, 1.165) is 10.6 Å². The quantitative estimate of drug-likeness (QED) is 0.613. The third kappa shape index (κ3) is 5.55. The van der Waals surface area contributed by atoms with Crippen LogP contribution in [0.3, 0.4) is 0 Å². The first-order valence-corrected chi connectivity index (χ1v) is 8.42. The van der Waals surface area contributed by atoms with Crippen molar-refractivity contribution in [3.8, 4) is 5.75 Å². The number of benzene rings is 1. The Hall–Kier alpha value is -2.60. The number of hydrogen-bond acceptors (Lipinski definition) is 5. The Morgan fingerprint density at radius 2 is 2.00 bits per heavy atom. The fourth-order valence-electron chi connectivity index (χ4n) is 1.85. The molecule has 1 amide bonds. The fourth-order valence-corrected chi connectivity index (χ4v) is 2.47. The highest BCUT2D eigenvalue weighted by molar-refractivity contribution is 7.10. The number of ether oxygens (including phenoxy) is 2. The third-order valence-electron chi connectivity index (χ3n) is 3.02. The van der Waals surface area contributed by atoms with E-state index in [1.54, 1.807) is 30.3 Å². The molecule has 5 nitrogen and oxygen atoms in total. The Morgan fingerprint density at radius 3 is 2.62 bits per heavy atom. The Bertz CT molecular complexity index is 692. The predicted octanol–water partition coefficient (Wildman–Crippen LogP) is 3.73. The van der Waals surface area contributed by atoms with Gasteiger partial charge < -0.3 is 14.8 Å². The van der Waals surface area contributed by atoms with E-state index in [2.05, 4.69) is 5.32 Å². The maximum atomic E-state index is 12.0. The molecule has 1 atom stereocenters. The summed E-state index contributed by atoms with van der Waals surface area (Å²) >= 11 is 1.51. The average molecular weight is 345 g/mol. The second-order valence-electron chi connectivity index (χ2n) is 4.87. The summed E-state index contributed by atoms with van der Waals surface area (Å²) in [4.78, 5) is 24.7. The molecule has 126 valence electrons. The van der Waals surface area contributed by atoms with Crippen molar-refractivity contribution >= 4 is 35.0 Å². The van der Waals surface area contributed by atoms with Crippen LogP contribution in [0.4, 0.5) is 5.69 Å². The van der Waals surface area contributed by atoms with Crippen LogP contribution in [0.15, 0.2) is 47.9 Å². The van der Waals surface area contributed by atoms with E-state index >= 15 is 0 Å². The maximum Gasteiger partial charge on any atom is 0.331 e. The van der Waals surface area contributed by atoms with E-state index in [0.29, 0.717) is 12.3 Å². The van der Waals surface area contributed by atoms with E-state index < -0.39 is 18.0 Å². The van der Waals surface area contributed by atoms with Crippen LogP contribution in [0.5, 0.6) is 5.75 Å². The molecule has 0 aliphatic rings. The van der Waals surface area contributed by atoms with Gasteiger partial charge in [0.2, 0.25) is 0 Å². The van der Waals surface area contributed by atoms with Crippen molar-refractivity contribution in [2.45, 2.75) is 20.0 Å². The molecule has 0 aliphatic carbocycles. The maximum absolute atomic E-state index is 12.0. The Kier molecular flexibility index (Phi) is 6.57. The summed E-state index contributed by atoms with van der Waals surface area (Å²) in [7, 11) is 0. The van der Waals surface area contributed by atoms with Crippen LogP contribution in [0.25, 0.3) is 6.08 Å². The summed E-state index contributed by atoms with van der Waals surface area (Å²) in [5.74, 6) is -0.219. The van der Waals surface area contributed by atoms with Crippen molar-refractivity contribution in [3.05, 3.63) is 52.7 Å². The standard InChI is InChI=1S/C18H19NO4S/c1-3-22-15-8-6-14(7-9-15)19-18(21)13(2)23-17(20)11-10-16-5-4-12-24-16/h4-13H,3H2,1-2H3,(H,19,21)/b11-10+/t13-/m1/s1. The number of amides is 1. The lowest BCUT2D eigenvalue weighted by Crippen LogP contribution is -2.29. The third-order valence-corrected chi connectivity index (χ3v) is 3.86. The molecule has 1 aromatic heterocycles. The average Bonchev–Trinajstić information content (AvgIpc) is 3.08. The number of hydrogen-bond donors (Lipinski definition) is 1. The number of carbonyl (C=O) groups is 2. The second-order valence-corrected chi connectivity index (χ2v) is 5.85. The monoisotopic (exact) mass is 345 g/mol. The van der Waals surface area contributed by atoms with Gasteiger partial charge in [0, 0.05) is 16.6 Å². The first-order valence-electron chi connectivity index (χ1n) is 7.54. The van der Waals surface area contributed by atoms with Crippen LogP contribution in [0.1, 0.15) is 18.7 Å². The number of anilines is 1. The van der Waals surface area contributed by atoms with E-state index in [9.17, 15) is 9.59 Å². The van der Waals surface area contributed by atoms with Crippen LogP contribution in [0, 0.1) is 0 Å². The zero-order chi connectivity index (χ0) is 17.4. The molecular weight excluding hydrogens is 326 g/mol. The van der Waals surface area contributed by atoms with Crippen molar-refractivity contribution in [1.29, 1.82) is 0 Å². The van der Waals surface area contributed by atoms with Crippen LogP contribution in [0.2, 0.25) is 0 Å². The summed E-state index contributed by atoms with van der Waals surface area (Å²) in [5, 5.41) is 4.61. The minimum atomic E-state index is -0.892. The summed E-state index contributed by atoms with van der Waals surface area (Å²) in [6.45, 7) is 4.01. The van der Waals surface area contributed by atoms with Crippen LogP contribution >= 0.6 is 11.3 Å². The first-order chi connectivity index (χ1) is 11.6. The molecule has 6 heteroatoms. The fraction of sp³-hybridized carbons (Fsp3) is 0.222. The van der Waals surface area contributed by atoms with Gasteiger partial charge in [-0.25, -0.2) is 4.79 Å². The number of nitrogens with one attached hydrogen (secondary N) is 1. The van der Waals surface area contributed by atoms with Crippen molar-refractivity contribution < 1.29 is 19.1 Å². The normalized spacial score (nSPS) is 11.9. The number of rotatable bonds is 7. The van der Waals surface area contributed by atoms with E-state index in [-0.39, 0.29) is 0 Å². The van der Waals surface area contributed by atoms with Gasteiger partial charge in [-0.3, -0.25) is 4.79 Å². The first kappa shape index (κ1) is 17.7. The van der Waals surface area contributed by atoms with Crippen molar-refractivity contribution in [2.24, 2.45) is 0 Å². The summed E-state index contributed by atoms with van der Waals surface area (Å²) in [5.41, 5.74) is 0.612. The van der Waals surface area contributed by atoms with Gasteiger partial charge in [-0.1, -0.05) is 6.07 Å². The number of carbonyl (C=O) groups excluding carboxylic acids is 2. The molecule has 1 N–H and O–H groups in total. The largest absolute Gasteiger partial charge is 0.494 e. The minimum Gasteiger partial charge on any atom is -0.494 e. The van der Waals surface area contributed by atoms with Crippen molar-refractivity contribution in [2.75, 3.05) is 11.9 Å². The molecule has 0 bridgehead atoms. The smallest absolute Gasteiger partial charge is 0.331 e. The topological polar surface area (TPSA) is 64.6 Å². The van der Waals surface area contributed by atoms with Gasteiger partial charge in [0.15, 0.2) is 6.10 Å². The van der Waals surface area contributed by atoms with Gasteiger partial charge in [0.25, 0.3) is 5.91 Å². The van der Waals surface area contributed by atoms with E-state index in [1.165, 1.54) is 24.3 Å². The molecule has 1 aromatic carbocycles. The lowest BCUT2D eigenvalue weighted by Gasteiger charge is -2.12. The van der Waals surface area contributed by atoms with Gasteiger partial charge >= 0.3 is 5.97 Å². The SMILES string of the molecule is CCOc1ccc(NC(=O)[C@@H](C)OC(=O)/C=C/c2cccs2)cc1. The lowest BCUT2D eigenvalue weighted by molar-refractivity contribution is -0.148. The Balaban J connectivity index is 1.84. The number of esters is 1. The van der Waals surface area contributed by atoms with E-state index in [4.69, 9.17) is 9.47 Å². The molecular formula is C18H19NO4S. The summed E-state index contributed by atoms with van der Waals surface area (Å²) < 4.78 is 10.4. The minimum absolute atomic E-state index is 0.392. The molecule has 0 unspecified atom stereocenters. The molecule has 24 heavy (non-hydrogen) atoms. The zero-order valence-corrected chi connectivity index (χ0v) is 14.3. The van der Waals surface area contributed by atoms with Gasteiger partial charge in [0.1, 0.15) is 5.75 Å². The van der Waals surface area contributed by atoms with Gasteiger partial charge in [0.05, 0.1) is 6.61 Å². The highest BCUT2D eigenvalue weighted by Gasteiger charge is 2.16. The number of thiophene rings is 1. The molecule has 0 aliphatic heterocycles. The molecule has 0 spiro atoms. The molecule has 0 fully saturated rings. The zero-order valence-electron chi connectivity index (χ0n) is 13.5. The van der Waals surface area contributed by atoms with Crippen LogP contribution < -0.4 is 10.1 Å². The highest BCUT2D eigenvalue weighted by Crippen LogP contribution is 2.16. The molecule has 0 saturated heterocycles. The summed E-state index contributed by atoms with van der Waals surface area (Å²) in [6, 6.07) is 10.8. The van der Waals surface area contributed by atoms with Crippen molar-refractivity contribution in [3.63, 3.8) is 0 Å². The van der Waals surface area contributed by atoms with Crippen LogP contribution in [-0.4, -0.2) is 24.6 Å². The van der Waals surface area contributed by atoms with Crippen LogP contribution in [-0.2, 0) is 14.3 Å². The predicted molar refractivity (Wildman–Crippen MR) is 95.1 cm³/mol.